The van der Waals surface area contributed by atoms with E-state index in [0.717, 1.165) is 32.4 Å². The average Bonchev–Trinajstić information content (AvgIpc) is 3.04. The summed E-state index contributed by atoms with van der Waals surface area (Å²) in [5, 5.41) is 13.0. The molecule has 0 saturated heterocycles. The van der Waals surface area contributed by atoms with Crippen LogP contribution in [0.2, 0.25) is 0 Å². The Hall–Kier alpha value is -0.630. The van der Waals surface area contributed by atoms with Crippen molar-refractivity contribution in [2.24, 2.45) is 0 Å². The summed E-state index contributed by atoms with van der Waals surface area (Å²) in [6.07, 6.45) is 5.66. The summed E-state index contributed by atoms with van der Waals surface area (Å²) >= 11 is 0. The number of likely N-dealkylation sites (N-methyl/N-ethyl adjacent to an activating group) is 2. The van der Waals surface area contributed by atoms with E-state index in [-0.39, 0.29) is 5.54 Å². The minimum Gasteiger partial charge on any atom is -0.308 e. The normalized spacial score (nSPS) is 32.1. The summed E-state index contributed by atoms with van der Waals surface area (Å²) in [5.41, 5.74) is -0.238. The molecular formula is C14H26N4. The first kappa shape index (κ1) is 13.8. The molecule has 2 fully saturated rings. The van der Waals surface area contributed by atoms with Crippen LogP contribution in [0.4, 0.5) is 0 Å². The third-order valence-corrected chi connectivity index (χ3v) is 4.28. The van der Waals surface area contributed by atoms with Crippen LogP contribution < -0.4 is 5.32 Å². The molecule has 2 unspecified atom stereocenters. The highest BCUT2D eigenvalue weighted by Gasteiger charge is 2.43. The van der Waals surface area contributed by atoms with Crippen LogP contribution >= 0.6 is 0 Å². The maximum Gasteiger partial charge on any atom is 0.108 e. The molecule has 0 aliphatic heterocycles. The van der Waals surface area contributed by atoms with Gasteiger partial charge in [0.15, 0.2) is 0 Å². The van der Waals surface area contributed by atoms with E-state index in [4.69, 9.17) is 0 Å². The Morgan fingerprint density at radius 3 is 2.50 bits per heavy atom. The molecule has 2 aliphatic carbocycles. The van der Waals surface area contributed by atoms with Crippen LogP contribution in [0.15, 0.2) is 0 Å². The fraction of sp³-hybridized carbons (Fsp3) is 0.929. The van der Waals surface area contributed by atoms with E-state index in [9.17, 15) is 5.26 Å². The largest absolute Gasteiger partial charge is 0.308 e. The van der Waals surface area contributed by atoms with Crippen LogP contribution in [0, 0.1) is 11.3 Å². The molecule has 0 aromatic carbocycles. The van der Waals surface area contributed by atoms with Gasteiger partial charge in [-0.2, -0.15) is 5.26 Å². The van der Waals surface area contributed by atoms with Crippen molar-refractivity contribution in [2.45, 2.75) is 49.7 Å². The maximum atomic E-state index is 9.47. The van der Waals surface area contributed by atoms with E-state index >= 15 is 0 Å². The number of nitriles is 1. The van der Waals surface area contributed by atoms with E-state index in [1.54, 1.807) is 0 Å². The van der Waals surface area contributed by atoms with E-state index in [1.807, 2.05) is 0 Å². The molecule has 1 N–H and O–H groups in total. The van der Waals surface area contributed by atoms with Crippen LogP contribution in [0.3, 0.4) is 0 Å². The van der Waals surface area contributed by atoms with Crippen LogP contribution in [0.25, 0.3) is 0 Å². The van der Waals surface area contributed by atoms with Crippen molar-refractivity contribution in [3.05, 3.63) is 0 Å². The van der Waals surface area contributed by atoms with Crippen molar-refractivity contribution in [3.8, 4) is 6.07 Å². The quantitative estimate of drug-likeness (QED) is 0.765. The van der Waals surface area contributed by atoms with Crippen molar-refractivity contribution in [1.82, 2.24) is 15.1 Å². The monoisotopic (exact) mass is 250 g/mol. The Morgan fingerprint density at radius 1 is 1.22 bits per heavy atom. The highest BCUT2D eigenvalue weighted by Crippen LogP contribution is 2.35. The first-order valence-electron chi connectivity index (χ1n) is 7.08. The van der Waals surface area contributed by atoms with Crippen LogP contribution in [0.1, 0.15) is 32.1 Å². The molecule has 2 aliphatic rings. The van der Waals surface area contributed by atoms with E-state index in [2.05, 4.69) is 42.3 Å². The van der Waals surface area contributed by atoms with Crippen LogP contribution in [-0.4, -0.2) is 61.7 Å². The summed E-state index contributed by atoms with van der Waals surface area (Å²) in [4.78, 5) is 4.64. The van der Waals surface area contributed by atoms with Gasteiger partial charge in [0.25, 0.3) is 0 Å². The Labute approximate surface area is 111 Å². The lowest BCUT2D eigenvalue weighted by molar-refractivity contribution is 0.212. The van der Waals surface area contributed by atoms with Crippen molar-refractivity contribution in [3.63, 3.8) is 0 Å². The lowest BCUT2D eigenvalue weighted by Gasteiger charge is -2.28. The number of nitrogens with zero attached hydrogens (tertiary/aromatic N) is 3. The fourth-order valence-corrected chi connectivity index (χ4v) is 2.82. The lowest BCUT2D eigenvalue weighted by Crippen LogP contribution is -2.45. The predicted octanol–water partition coefficient (Wildman–Crippen LogP) is 1.05. The number of nitrogens with one attached hydrogen (secondary N) is 1. The smallest absolute Gasteiger partial charge is 0.108 e. The molecule has 0 aromatic heterocycles. The second-order valence-electron chi connectivity index (χ2n) is 6.29. The van der Waals surface area contributed by atoms with E-state index < -0.39 is 0 Å². The Balaban J connectivity index is 1.83. The minimum absolute atomic E-state index is 0.238. The van der Waals surface area contributed by atoms with Crippen LogP contribution in [0.5, 0.6) is 0 Å². The first-order chi connectivity index (χ1) is 8.54. The van der Waals surface area contributed by atoms with Crippen molar-refractivity contribution < 1.29 is 0 Å². The van der Waals surface area contributed by atoms with Gasteiger partial charge >= 0.3 is 0 Å². The first-order valence-corrected chi connectivity index (χ1v) is 7.08. The van der Waals surface area contributed by atoms with Gasteiger partial charge in [-0.1, -0.05) is 0 Å². The molecule has 2 saturated carbocycles. The second-order valence-corrected chi connectivity index (χ2v) is 6.29. The fourth-order valence-electron chi connectivity index (χ4n) is 2.82. The molecule has 2 rings (SSSR count). The van der Waals surface area contributed by atoms with Gasteiger partial charge < -0.3 is 9.80 Å². The maximum absolute atomic E-state index is 9.47. The third kappa shape index (κ3) is 3.44. The summed E-state index contributed by atoms with van der Waals surface area (Å²) in [7, 11) is 6.41. The van der Waals surface area contributed by atoms with Gasteiger partial charge in [0.1, 0.15) is 5.54 Å². The molecule has 18 heavy (non-hydrogen) atoms. The SMILES string of the molecule is CN(C)CCN(C)C1CCC(C#N)(NC2CC2)C1. The Morgan fingerprint density at radius 2 is 1.94 bits per heavy atom. The number of hydrogen-bond acceptors (Lipinski definition) is 4. The van der Waals surface area contributed by atoms with Crippen molar-refractivity contribution >= 4 is 0 Å². The molecule has 4 heteroatoms. The molecular weight excluding hydrogens is 224 g/mol. The van der Waals surface area contributed by atoms with Crippen molar-refractivity contribution in [1.29, 1.82) is 5.26 Å². The van der Waals surface area contributed by atoms with Gasteiger partial charge in [0, 0.05) is 25.2 Å². The molecule has 0 heterocycles. The molecule has 0 aromatic rings. The molecule has 102 valence electrons. The highest BCUT2D eigenvalue weighted by atomic mass is 15.2. The molecule has 4 nitrogen and oxygen atoms in total. The number of hydrogen-bond donors (Lipinski definition) is 1. The second kappa shape index (κ2) is 5.56. The zero-order valence-electron chi connectivity index (χ0n) is 11.9. The van der Waals surface area contributed by atoms with E-state index in [1.165, 1.54) is 12.8 Å². The minimum atomic E-state index is -0.238. The molecule has 0 radical (unpaired) electrons. The lowest BCUT2D eigenvalue weighted by atomic mass is 9.99. The van der Waals surface area contributed by atoms with Gasteiger partial charge in [-0.05, 0) is 53.2 Å². The molecule has 0 spiro atoms. The Bertz CT molecular complexity index is 318. The molecule has 0 amide bonds. The Kier molecular flexibility index (Phi) is 4.26. The summed E-state index contributed by atoms with van der Waals surface area (Å²) in [5.74, 6) is 0. The standard InChI is InChI=1S/C14H26N4/c1-17(2)8-9-18(3)13-6-7-14(10-13,11-15)16-12-4-5-12/h12-13,16H,4-10H2,1-3H3. The van der Waals surface area contributed by atoms with Gasteiger partial charge in [-0.25, -0.2) is 0 Å². The molecule has 2 atom stereocenters. The zero-order chi connectivity index (χ0) is 13.2. The van der Waals surface area contributed by atoms with Gasteiger partial charge in [-0.15, -0.1) is 0 Å². The van der Waals surface area contributed by atoms with Gasteiger partial charge in [0.2, 0.25) is 0 Å². The topological polar surface area (TPSA) is 42.3 Å². The third-order valence-electron chi connectivity index (χ3n) is 4.28. The zero-order valence-corrected chi connectivity index (χ0v) is 11.9. The summed E-state index contributed by atoms with van der Waals surface area (Å²) in [6, 6.07) is 3.74. The van der Waals surface area contributed by atoms with Crippen LogP contribution in [-0.2, 0) is 0 Å². The molecule has 0 bridgehead atoms. The van der Waals surface area contributed by atoms with Gasteiger partial charge in [-0.3, -0.25) is 5.32 Å². The predicted molar refractivity (Wildman–Crippen MR) is 73.3 cm³/mol. The highest BCUT2D eigenvalue weighted by molar-refractivity contribution is 5.15. The summed E-state index contributed by atoms with van der Waals surface area (Å²) in [6.45, 7) is 2.17. The van der Waals surface area contributed by atoms with E-state index in [0.29, 0.717) is 12.1 Å². The number of rotatable bonds is 6. The van der Waals surface area contributed by atoms with Crippen molar-refractivity contribution in [2.75, 3.05) is 34.2 Å². The van der Waals surface area contributed by atoms with Gasteiger partial charge in [0.05, 0.1) is 6.07 Å². The summed E-state index contributed by atoms with van der Waals surface area (Å²) < 4.78 is 0. The average molecular weight is 250 g/mol.